The van der Waals surface area contributed by atoms with Crippen molar-refractivity contribution in [2.75, 3.05) is 13.2 Å². The van der Waals surface area contributed by atoms with Crippen molar-refractivity contribution in [1.29, 1.82) is 0 Å². The number of alkyl carbamates (subject to hydrolysis) is 1. The van der Waals surface area contributed by atoms with Gasteiger partial charge in [0.2, 0.25) is 5.91 Å². The van der Waals surface area contributed by atoms with E-state index in [1.807, 2.05) is 24.3 Å². The van der Waals surface area contributed by atoms with Crippen LogP contribution in [-0.4, -0.2) is 53.2 Å². The second kappa shape index (κ2) is 8.89. The van der Waals surface area contributed by atoms with Gasteiger partial charge >= 0.3 is 12.1 Å². The molecular weight excluding hydrogens is 420 g/mol. The maximum Gasteiger partial charge on any atom is 0.407 e. The molecule has 0 aromatic heterocycles. The number of carbonyl (C=O) groups is 3. The lowest BCUT2D eigenvalue weighted by Gasteiger charge is -2.25. The van der Waals surface area contributed by atoms with Crippen LogP contribution in [0.15, 0.2) is 48.5 Å². The van der Waals surface area contributed by atoms with Gasteiger partial charge in [0.25, 0.3) is 0 Å². The predicted molar refractivity (Wildman–Crippen MR) is 122 cm³/mol. The van der Waals surface area contributed by atoms with Gasteiger partial charge in [0.05, 0.1) is 0 Å². The molecule has 2 N–H and O–H groups in total. The number of fused-ring (bicyclic) bond motifs is 3. The first-order valence-electron chi connectivity index (χ1n) is 11.7. The van der Waals surface area contributed by atoms with E-state index < -0.39 is 18.1 Å². The van der Waals surface area contributed by atoms with Crippen LogP contribution in [-0.2, 0) is 14.3 Å². The fourth-order valence-corrected chi connectivity index (χ4v) is 5.25. The van der Waals surface area contributed by atoms with Gasteiger partial charge in [-0.3, -0.25) is 4.79 Å². The molecule has 2 amide bonds. The third-order valence-electron chi connectivity index (χ3n) is 7.09. The zero-order valence-electron chi connectivity index (χ0n) is 18.4. The van der Waals surface area contributed by atoms with Crippen LogP contribution in [0, 0.1) is 5.92 Å². The summed E-state index contributed by atoms with van der Waals surface area (Å²) in [6.07, 6.45) is 2.65. The van der Waals surface area contributed by atoms with Gasteiger partial charge in [0.1, 0.15) is 12.6 Å². The van der Waals surface area contributed by atoms with E-state index in [-0.39, 0.29) is 36.8 Å². The molecule has 2 unspecified atom stereocenters. The lowest BCUT2D eigenvalue weighted by Crippen LogP contribution is -2.45. The molecule has 7 nitrogen and oxygen atoms in total. The number of carboxylic acid groups (broad SMARTS) is 1. The minimum absolute atomic E-state index is 0.0231. The molecule has 0 bridgehead atoms. The number of benzene rings is 2. The molecule has 1 aliphatic heterocycles. The van der Waals surface area contributed by atoms with Crippen molar-refractivity contribution in [3.63, 3.8) is 0 Å². The Morgan fingerprint density at radius 2 is 1.64 bits per heavy atom. The largest absolute Gasteiger partial charge is 0.480 e. The average Bonchev–Trinajstić information content (AvgIpc) is 3.45. The minimum atomic E-state index is -0.965. The number of amides is 2. The molecule has 33 heavy (non-hydrogen) atoms. The first kappa shape index (κ1) is 21.5. The summed E-state index contributed by atoms with van der Waals surface area (Å²) in [6, 6.07) is 15.2. The highest BCUT2D eigenvalue weighted by Gasteiger charge is 2.39. The third-order valence-corrected chi connectivity index (χ3v) is 7.09. The van der Waals surface area contributed by atoms with Crippen LogP contribution in [0.1, 0.15) is 49.1 Å². The van der Waals surface area contributed by atoms with Crippen LogP contribution in [0.25, 0.3) is 11.1 Å². The molecule has 1 saturated heterocycles. The molecule has 0 radical (unpaired) electrons. The second-order valence-corrected chi connectivity index (χ2v) is 9.20. The van der Waals surface area contributed by atoms with Gasteiger partial charge in [-0.15, -0.1) is 0 Å². The van der Waals surface area contributed by atoms with E-state index in [9.17, 15) is 19.5 Å². The van der Waals surface area contributed by atoms with Crippen molar-refractivity contribution in [2.45, 2.75) is 50.1 Å². The van der Waals surface area contributed by atoms with Crippen molar-refractivity contribution in [3.8, 4) is 11.1 Å². The molecule has 2 atom stereocenters. The lowest BCUT2D eigenvalue weighted by atomic mass is 9.98. The molecule has 5 rings (SSSR count). The molecule has 2 aromatic rings. The minimum Gasteiger partial charge on any atom is -0.480 e. The molecule has 7 heteroatoms. The Morgan fingerprint density at radius 1 is 1.00 bits per heavy atom. The van der Waals surface area contributed by atoms with Crippen LogP contribution < -0.4 is 5.32 Å². The molecule has 1 heterocycles. The van der Waals surface area contributed by atoms with Gasteiger partial charge in [0.15, 0.2) is 0 Å². The zero-order chi connectivity index (χ0) is 22.9. The fourth-order valence-electron chi connectivity index (χ4n) is 5.25. The van der Waals surface area contributed by atoms with Crippen LogP contribution in [0.3, 0.4) is 0 Å². The summed E-state index contributed by atoms with van der Waals surface area (Å²) >= 11 is 0. The molecule has 0 spiro atoms. The van der Waals surface area contributed by atoms with Gasteiger partial charge in [0, 0.05) is 24.9 Å². The van der Waals surface area contributed by atoms with Crippen LogP contribution in [0.5, 0.6) is 0 Å². The topological polar surface area (TPSA) is 95.9 Å². The summed E-state index contributed by atoms with van der Waals surface area (Å²) in [5.74, 6) is -0.963. The molecule has 1 saturated carbocycles. The number of hydrogen-bond acceptors (Lipinski definition) is 4. The Labute approximate surface area is 192 Å². The van der Waals surface area contributed by atoms with E-state index >= 15 is 0 Å². The molecular formula is C26H28N2O5. The van der Waals surface area contributed by atoms with Crippen molar-refractivity contribution < 1.29 is 24.2 Å². The number of nitrogens with one attached hydrogen (secondary N) is 1. The molecule has 172 valence electrons. The van der Waals surface area contributed by atoms with Crippen LogP contribution >= 0.6 is 0 Å². The van der Waals surface area contributed by atoms with Gasteiger partial charge in [-0.2, -0.15) is 0 Å². The molecule has 3 aliphatic rings. The fraction of sp³-hybridized carbons (Fsp3) is 0.423. The number of carbonyl (C=O) groups excluding carboxylic acids is 2. The lowest BCUT2D eigenvalue weighted by molar-refractivity contribution is -0.148. The summed E-state index contributed by atoms with van der Waals surface area (Å²) in [4.78, 5) is 38.4. The maximum absolute atomic E-state index is 12.8. The van der Waals surface area contributed by atoms with E-state index in [0.717, 1.165) is 24.0 Å². The Kier molecular flexibility index (Phi) is 5.79. The molecule has 2 aromatic carbocycles. The first-order valence-corrected chi connectivity index (χ1v) is 11.7. The number of likely N-dealkylation sites (tertiary alicyclic amines) is 1. The number of ether oxygens (including phenoxy) is 1. The van der Waals surface area contributed by atoms with Gasteiger partial charge in [-0.05, 0) is 53.9 Å². The summed E-state index contributed by atoms with van der Waals surface area (Å²) in [7, 11) is 0. The second-order valence-electron chi connectivity index (χ2n) is 9.20. The van der Waals surface area contributed by atoms with E-state index in [2.05, 4.69) is 29.6 Å². The van der Waals surface area contributed by atoms with E-state index in [1.165, 1.54) is 16.0 Å². The molecule has 2 aliphatic carbocycles. The predicted octanol–water partition coefficient (Wildman–Crippen LogP) is 3.77. The van der Waals surface area contributed by atoms with Crippen LogP contribution in [0.4, 0.5) is 4.79 Å². The van der Waals surface area contributed by atoms with Gasteiger partial charge in [-0.1, -0.05) is 48.5 Å². The number of rotatable bonds is 7. The smallest absolute Gasteiger partial charge is 0.407 e. The van der Waals surface area contributed by atoms with E-state index in [0.29, 0.717) is 19.4 Å². The normalized spacial score (nSPS) is 20.1. The monoisotopic (exact) mass is 448 g/mol. The van der Waals surface area contributed by atoms with E-state index in [1.54, 1.807) is 0 Å². The van der Waals surface area contributed by atoms with Gasteiger partial charge in [-0.25, -0.2) is 9.59 Å². The maximum atomic E-state index is 12.8. The summed E-state index contributed by atoms with van der Waals surface area (Å²) in [5.41, 5.74) is 4.63. The van der Waals surface area contributed by atoms with Crippen molar-refractivity contribution in [2.24, 2.45) is 5.92 Å². The average molecular weight is 449 g/mol. The quantitative estimate of drug-likeness (QED) is 0.672. The standard InChI is InChI=1S/C26H28N2O5/c29-24(28-13-5-10-23(28)25(30)31)14-22(16-11-12-16)27-26(32)33-15-21-19-8-3-1-6-17(19)18-7-2-4-9-20(18)21/h1-4,6-9,16,21-23H,5,10-15H2,(H,27,32)(H,30,31). The Balaban J connectivity index is 1.21. The number of nitrogens with zero attached hydrogens (tertiary/aromatic N) is 1. The number of hydrogen-bond donors (Lipinski definition) is 2. The number of aliphatic carboxylic acids is 1. The Morgan fingerprint density at radius 3 is 2.24 bits per heavy atom. The van der Waals surface area contributed by atoms with Crippen molar-refractivity contribution in [1.82, 2.24) is 10.2 Å². The van der Waals surface area contributed by atoms with E-state index in [4.69, 9.17) is 4.74 Å². The highest BCUT2D eigenvalue weighted by atomic mass is 16.5. The Hall–Kier alpha value is -3.35. The SMILES string of the molecule is O=C(NC(CC(=O)N1CCCC1C(=O)O)C1CC1)OCC1c2ccccc2-c2ccccc21. The summed E-state index contributed by atoms with van der Waals surface area (Å²) < 4.78 is 5.65. The highest BCUT2D eigenvalue weighted by molar-refractivity contribution is 5.85. The van der Waals surface area contributed by atoms with Crippen molar-refractivity contribution in [3.05, 3.63) is 59.7 Å². The highest BCUT2D eigenvalue weighted by Crippen LogP contribution is 2.44. The van der Waals surface area contributed by atoms with Gasteiger partial charge < -0.3 is 20.1 Å². The zero-order valence-corrected chi connectivity index (χ0v) is 18.4. The first-order chi connectivity index (χ1) is 16.0. The number of carboxylic acids is 1. The molecule has 2 fully saturated rings. The summed E-state index contributed by atoms with van der Waals surface area (Å²) in [5, 5.41) is 12.3. The Bertz CT molecular complexity index is 1030. The van der Waals surface area contributed by atoms with Crippen LogP contribution in [0.2, 0.25) is 0 Å². The third kappa shape index (κ3) is 4.32. The summed E-state index contributed by atoms with van der Waals surface area (Å²) in [6.45, 7) is 0.677. The van der Waals surface area contributed by atoms with Crippen molar-refractivity contribution >= 4 is 18.0 Å².